The predicted octanol–water partition coefficient (Wildman–Crippen LogP) is 4.66. The maximum absolute atomic E-state index is 11.0. The Morgan fingerprint density at radius 1 is 1.19 bits per heavy atom. The molecule has 0 heterocycles. The Morgan fingerprint density at radius 2 is 1.86 bits per heavy atom. The summed E-state index contributed by atoms with van der Waals surface area (Å²) < 4.78 is 0. The molecule has 1 aliphatic rings. The normalized spacial score (nSPS) is 22.1. The molecular formula is C18H28N2O. The van der Waals surface area contributed by atoms with Crippen LogP contribution in [0.3, 0.4) is 0 Å². The van der Waals surface area contributed by atoms with E-state index in [0.29, 0.717) is 6.04 Å². The van der Waals surface area contributed by atoms with Gasteiger partial charge in [0.1, 0.15) is 0 Å². The third kappa shape index (κ3) is 5.41. The monoisotopic (exact) mass is 288 g/mol. The summed E-state index contributed by atoms with van der Waals surface area (Å²) in [5.74, 6) is 1.64. The van der Waals surface area contributed by atoms with Gasteiger partial charge in [0.2, 0.25) is 5.91 Å². The minimum atomic E-state index is -0.0282. The highest BCUT2D eigenvalue weighted by atomic mass is 16.1. The van der Waals surface area contributed by atoms with Gasteiger partial charge in [-0.1, -0.05) is 26.7 Å². The van der Waals surface area contributed by atoms with Crippen molar-refractivity contribution in [2.45, 2.75) is 58.9 Å². The molecule has 0 bridgehead atoms. The molecule has 1 aromatic carbocycles. The number of hydrogen-bond donors (Lipinski definition) is 2. The molecule has 0 aromatic heterocycles. The average Bonchev–Trinajstić information content (AvgIpc) is 2.40. The largest absolute Gasteiger partial charge is 0.382 e. The van der Waals surface area contributed by atoms with Crippen molar-refractivity contribution in [3.8, 4) is 0 Å². The van der Waals surface area contributed by atoms with Crippen LogP contribution in [-0.2, 0) is 4.79 Å². The fourth-order valence-corrected chi connectivity index (χ4v) is 3.39. The molecule has 0 aliphatic heterocycles. The first kappa shape index (κ1) is 15.9. The number of anilines is 2. The summed E-state index contributed by atoms with van der Waals surface area (Å²) >= 11 is 0. The summed E-state index contributed by atoms with van der Waals surface area (Å²) in [7, 11) is 0. The van der Waals surface area contributed by atoms with Crippen LogP contribution < -0.4 is 10.6 Å². The van der Waals surface area contributed by atoms with Gasteiger partial charge in [0.15, 0.2) is 0 Å². The molecular weight excluding hydrogens is 260 g/mol. The van der Waals surface area contributed by atoms with Crippen molar-refractivity contribution in [1.82, 2.24) is 0 Å². The van der Waals surface area contributed by atoms with E-state index in [1.807, 2.05) is 12.1 Å². The summed E-state index contributed by atoms with van der Waals surface area (Å²) in [5, 5.41) is 6.45. The van der Waals surface area contributed by atoms with E-state index < -0.39 is 0 Å². The van der Waals surface area contributed by atoms with E-state index in [0.717, 1.165) is 23.2 Å². The minimum absolute atomic E-state index is 0.0282. The van der Waals surface area contributed by atoms with Crippen molar-refractivity contribution in [1.29, 1.82) is 0 Å². The smallest absolute Gasteiger partial charge is 0.221 e. The van der Waals surface area contributed by atoms with E-state index in [4.69, 9.17) is 0 Å². The highest BCUT2D eigenvalue weighted by Crippen LogP contribution is 2.31. The second-order valence-corrected chi connectivity index (χ2v) is 6.76. The molecule has 2 rings (SSSR count). The van der Waals surface area contributed by atoms with Gasteiger partial charge in [0, 0.05) is 24.3 Å². The van der Waals surface area contributed by atoms with Crippen LogP contribution in [0.4, 0.5) is 11.4 Å². The van der Waals surface area contributed by atoms with Gasteiger partial charge in [-0.05, 0) is 55.4 Å². The summed E-state index contributed by atoms with van der Waals surface area (Å²) in [5.41, 5.74) is 2.01. The predicted molar refractivity (Wildman–Crippen MR) is 89.6 cm³/mol. The summed E-state index contributed by atoms with van der Waals surface area (Å²) in [6, 6.07) is 8.61. The fraction of sp³-hybridized carbons (Fsp3) is 0.611. The molecule has 2 unspecified atom stereocenters. The highest BCUT2D eigenvalue weighted by molar-refractivity contribution is 5.88. The molecule has 21 heavy (non-hydrogen) atoms. The zero-order chi connectivity index (χ0) is 15.2. The molecule has 3 heteroatoms. The number of benzene rings is 1. The lowest BCUT2D eigenvalue weighted by Gasteiger charge is -2.31. The first-order valence-electron chi connectivity index (χ1n) is 8.17. The Morgan fingerprint density at radius 3 is 2.48 bits per heavy atom. The molecule has 2 atom stereocenters. The lowest BCUT2D eigenvalue weighted by atomic mass is 9.81. The quantitative estimate of drug-likeness (QED) is 0.827. The van der Waals surface area contributed by atoms with Gasteiger partial charge in [-0.15, -0.1) is 0 Å². The third-order valence-electron chi connectivity index (χ3n) is 4.16. The fourth-order valence-electron chi connectivity index (χ4n) is 3.39. The Bertz CT molecular complexity index is 453. The van der Waals surface area contributed by atoms with Crippen LogP contribution in [0, 0.1) is 11.8 Å². The zero-order valence-corrected chi connectivity index (χ0v) is 13.5. The van der Waals surface area contributed by atoms with Gasteiger partial charge in [-0.2, -0.15) is 0 Å². The topological polar surface area (TPSA) is 41.1 Å². The van der Waals surface area contributed by atoms with E-state index in [9.17, 15) is 4.79 Å². The van der Waals surface area contributed by atoms with E-state index in [-0.39, 0.29) is 5.91 Å². The molecule has 2 N–H and O–H groups in total. The number of amides is 1. The molecule has 1 fully saturated rings. The molecule has 1 aliphatic carbocycles. The first-order valence-corrected chi connectivity index (χ1v) is 8.17. The van der Waals surface area contributed by atoms with Gasteiger partial charge >= 0.3 is 0 Å². The number of carbonyl (C=O) groups excluding carboxylic acids is 1. The molecule has 0 spiro atoms. The van der Waals surface area contributed by atoms with Gasteiger partial charge < -0.3 is 10.6 Å². The third-order valence-corrected chi connectivity index (χ3v) is 4.16. The number of rotatable bonds is 5. The van der Waals surface area contributed by atoms with E-state index in [1.165, 1.54) is 39.0 Å². The van der Waals surface area contributed by atoms with Crippen LogP contribution in [0.1, 0.15) is 52.9 Å². The minimum Gasteiger partial charge on any atom is -0.382 e. The van der Waals surface area contributed by atoms with E-state index >= 15 is 0 Å². The lowest BCUT2D eigenvalue weighted by molar-refractivity contribution is -0.114. The van der Waals surface area contributed by atoms with Crippen LogP contribution in [0.5, 0.6) is 0 Å². The van der Waals surface area contributed by atoms with Crippen molar-refractivity contribution in [3.05, 3.63) is 24.3 Å². The van der Waals surface area contributed by atoms with Crippen molar-refractivity contribution in [2.75, 3.05) is 10.6 Å². The molecule has 0 radical (unpaired) electrons. The van der Waals surface area contributed by atoms with Crippen LogP contribution in [0.25, 0.3) is 0 Å². The Hall–Kier alpha value is -1.51. The lowest BCUT2D eigenvalue weighted by Crippen LogP contribution is -2.27. The van der Waals surface area contributed by atoms with Crippen molar-refractivity contribution >= 4 is 17.3 Å². The number of hydrogen-bond acceptors (Lipinski definition) is 2. The maximum atomic E-state index is 11.0. The van der Waals surface area contributed by atoms with Crippen molar-refractivity contribution in [2.24, 2.45) is 11.8 Å². The average molecular weight is 288 g/mol. The standard InChI is InChI=1S/C18H28N2O/c1-13(2)11-15-5-4-6-18(12-15)20-17-9-7-16(8-10-17)19-14(3)21/h7-10,13,15,18,20H,4-6,11-12H2,1-3H3,(H,19,21). The highest BCUT2D eigenvalue weighted by Gasteiger charge is 2.22. The van der Waals surface area contributed by atoms with Crippen LogP contribution in [0.2, 0.25) is 0 Å². The second-order valence-electron chi connectivity index (χ2n) is 6.76. The summed E-state index contributed by atoms with van der Waals surface area (Å²) in [6.45, 7) is 6.17. The summed E-state index contributed by atoms with van der Waals surface area (Å²) in [6.07, 6.45) is 6.62. The van der Waals surface area contributed by atoms with Gasteiger partial charge in [-0.25, -0.2) is 0 Å². The van der Waals surface area contributed by atoms with Gasteiger partial charge in [0.05, 0.1) is 0 Å². The zero-order valence-electron chi connectivity index (χ0n) is 13.5. The Kier molecular flexibility index (Phi) is 5.66. The van der Waals surface area contributed by atoms with Crippen molar-refractivity contribution in [3.63, 3.8) is 0 Å². The molecule has 3 nitrogen and oxygen atoms in total. The van der Waals surface area contributed by atoms with Gasteiger partial charge in [-0.3, -0.25) is 4.79 Å². The van der Waals surface area contributed by atoms with E-state index in [2.05, 4.69) is 36.6 Å². The number of carbonyl (C=O) groups is 1. The van der Waals surface area contributed by atoms with E-state index in [1.54, 1.807) is 0 Å². The van der Waals surface area contributed by atoms with Gasteiger partial charge in [0.25, 0.3) is 0 Å². The molecule has 0 saturated heterocycles. The van der Waals surface area contributed by atoms with Crippen LogP contribution >= 0.6 is 0 Å². The maximum Gasteiger partial charge on any atom is 0.221 e. The SMILES string of the molecule is CC(=O)Nc1ccc(NC2CCCC(CC(C)C)C2)cc1. The molecule has 1 saturated carbocycles. The van der Waals surface area contributed by atoms with Crippen LogP contribution in [-0.4, -0.2) is 11.9 Å². The molecule has 1 amide bonds. The summed E-state index contributed by atoms with van der Waals surface area (Å²) in [4.78, 5) is 11.0. The first-order chi connectivity index (χ1) is 10.0. The number of nitrogens with one attached hydrogen (secondary N) is 2. The van der Waals surface area contributed by atoms with Crippen LogP contribution in [0.15, 0.2) is 24.3 Å². The van der Waals surface area contributed by atoms with Crippen molar-refractivity contribution < 1.29 is 4.79 Å². The Balaban J connectivity index is 1.87. The second kappa shape index (κ2) is 7.48. The molecule has 116 valence electrons. The molecule has 1 aromatic rings. The Labute approximate surface area is 128 Å².